The molecule has 2 heterocycles. The van der Waals surface area contributed by atoms with Crippen LogP contribution in [0.4, 0.5) is 0 Å². The lowest BCUT2D eigenvalue weighted by molar-refractivity contribution is -0.152. The van der Waals surface area contributed by atoms with Crippen molar-refractivity contribution in [3.8, 4) is 11.5 Å². The van der Waals surface area contributed by atoms with Crippen molar-refractivity contribution in [1.29, 1.82) is 0 Å². The Balaban J connectivity index is 1.73. The number of methoxy groups -OCH3 is 1. The van der Waals surface area contributed by atoms with E-state index in [0.717, 1.165) is 0 Å². The highest BCUT2D eigenvalue weighted by Gasteiger charge is 2.45. The third-order valence-corrected chi connectivity index (χ3v) is 7.36. The van der Waals surface area contributed by atoms with Crippen LogP contribution in [-0.4, -0.2) is 76.2 Å². The van der Waals surface area contributed by atoms with Gasteiger partial charge < -0.3 is 38.5 Å². The lowest BCUT2D eigenvalue weighted by atomic mass is 9.98. The van der Waals surface area contributed by atoms with E-state index < -0.39 is 42.1 Å². The van der Waals surface area contributed by atoms with Gasteiger partial charge in [-0.1, -0.05) is 43.4 Å². The summed E-state index contributed by atoms with van der Waals surface area (Å²) in [6.45, 7) is 8.39. The first-order valence-electron chi connectivity index (χ1n) is 14.9. The molecule has 1 fully saturated rings. The number of benzene rings is 2. The van der Waals surface area contributed by atoms with Gasteiger partial charge in [0.1, 0.15) is 42.0 Å². The molecule has 2 aliphatic rings. The number of ether oxygens (including phenoxy) is 7. The zero-order valence-electron chi connectivity index (χ0n) is 26.2. The van der Waals surface area contributed by atoms with Gasteiger partial charge in [0.15, 0.2) is 12.6 Å². The van der Waals surface area contributed by atoms with Crippen LogP contribution >= 0.6 is 0 Å². The zero-order chi connectivity index (χ0) is 31.7. The second-order valence-electron chi connectivity index (χ2n) is 11.3. The first-order valence-corrected chi connectivity index (χ1v) is 14.9. The molecule has 10 heteroatoms. The number of nitrogens with one attached hydrogen (secondary N) is 1. The topological polar surface area (TPSA) is 111 Å². The van der Waals surface area contributed by atoms with Crippen LogP contribution in [0.25, 0.3) is 6.08 Å². The number of cyclic esters (lactones) is 1. The minimum Gasteiger partial charge on any atom is -0.492 e. The summed E-state index contributed by atoms with van der Waals surface area (Å²) >= 11 is 0. The Morgan fingerprint density at radius 1 is 1.07 bits per heavy atom. The third-order valence-electron chi connectivity index (χ3n) is 7.36. The molecule has 0 aromatic heterocycles. The summed E-state index contributed by atoms with van der Waals surface area (Å²) in [5.74, 6) is -1.35. The van der Waals surface area contributed by atoms with Gasteiger partial charge in [-0.25, -0.2) is 9.59 Å². The van der Waals surface area contributed by atoms with E-state index in [2.05, 4.69) is 5.32 Å². The molecule has 1 saturated heterocycles. The highest BCUT2D eigenvalue weighted by Crippen LogP contribution is 2.36. The third kappa shape index (κ3) is 8.69. The van der Waals surface area contributed by atoms with E-state index in [1.165, 1.54) is 7.11 Å². The number of carbonyl (C=O) groups is 2. The van der Waals surface area contributed by atoms with Crippen LogP contribution in [-0.2, 0) is 23.7 Å². The summed E-state index contributed by atoms with van der Waals surface area (Å²) in [6.07, 6.45) is 5.44. The Morgan fingerprint density at radius 3 is 2.57 bits per heavy atom. The average molecular weight is 610 g/mol. The number of hydrogen-bond acceptors (Lipinski definition) is 10. The Morgan fingerprint density at radius 2 is 1.84 bits per heavy atom. The van der Waals surface area contributed by atoms with Crippen molar-refractivity contribution in [2.45, 2.75) is 64.3 Å². The Hall–Kier alpha value is -3.70. The van der Waals surface area contributed by atoms with E-state index in [4.69, 9.17) is 33.2 Å². The summed E-state index contributed by atoms with van der Waals surface area (Å²) in [6, 6.07) is 12.2. The lowest BCUT2D eigenvalue weighted by Gasteiger charge is -2.25. The van der Waals surface area contributed by atoms with Crippen LogP contribution < -0.4 is 14.8 Å². The van der Waals surface area contributed by atoms with Crippen molar-refractivity contribution in [2.75, 3.05) is 34.1 Å². The standard InChI is InChI=1S/C34H43NO9/c1-22-15-16-27(42-32(36)24-11-8-7-9-12-24)31-28(43-34(3,4)44-31)14-10-13-25-19-26(39-18-17-35-5)20-29(40-21-38-6)30(25)33(37)41-23(22)2/h7-13,15-16,19-20,22-23,27-28,31,35H,14,17-18,21H2,1-6H3/b13-10+,16-15-/t22-,23?,27?,28?,31?/m1/s1. The molecule has 0 saturated carbocycles. The van der Waals surface area contributed by atoms with Gasteiger partial charge in [-0.3, -0.25) is 0 Å². The summed E-state index contributed by atoms with van der Waals surface area (Å²) < 4.78 is 41.4. The highest BCUT2D eigenvalue weighted by molar-refractivity contribution is 5.97. The first kappa shape index (κ1) is 33.2. The molecular weight excluding hydrogens is 566 g/mol. The molecule has 0 radical (unpaired) electrons. The van der Waals surface area contributed by atoms with Gasteiger partial charge in [-0.05, 0) is 64.1 Å². The van der Waals surface area contributed by atoms with E-state index in [1.54, 1.807) is 42.5 Å². The number of esters is 2. The van der Waals surface area contributed by atoms with E-state index in [1.807, 2.05) is 59.0 Å². The average Bonchev–Trinajstić information content (AvgIpc) is 3.31. The number of likely N-dealkylation sites (N-methyl/N-ethyl adjacent to an activating group) is 1. The second kappa shape index (κ2) is 15.3. The van der Waals surface area contributed by atoms with Gasteiger partial charge in [0.2, 0.25) is 0 Å². The Kier molecular flexibility index (Phi) is 11.6. The molecule has 10 nitrogen and oxygen atoms in total. The van der Waals surface area contributed by atoms with Crippen LogP contribution in [0.5, 0.6) is 11.5 Å². The van der Waals surface area contributed by atoms with Crippen LogP contribution in [0.2, 0.25) is 0 Å². The SMILES string of the molecule is CNCCOc1cc2c(c(OCOC)c1)C(=O)OC(C)[C@H](C)/C=C\C(OC(=O)c1ccccc1)C1OC(C)(C)OC1C/C=C/2. The van der Waals surface area contributed by atoms with E-state index >= 15 is 0 Å². The van der Waals surface area contributed by atoms with Crippen LogP contribution in [0, 0.1) is 5.92 Å². The predicted octanol–water partition coefficient (Wildman–Crippen LogP) is 5.17. The molecule has 0 spiro atoms. The van der Waals surface area contributed by atoms with Crippen molar-refractivity contribution in [1.82, 2.24) is 5.32 Å². The molecule has 5 atom stereocenters. The van der Waals surface area contributed by atoms with Crippen LogP contribution in [0.3, 0.4) is 0 Å². The maximum absolute atomic E-state index is 13.7. The molecule has 4 rings (SSSR count). The number of hydrogen-bond donors (Lipinski definition) is 1. The lowest BCUT2D eigenvalue weighted by Crippen LogP contribution is -2.37. The van der Waals surface area contributed by atoms with Crippen molar-refractivity contribution in [3.05, 3.63) is 77.4 Å². The van der Waals surface area contributed by atoms with Gasteiger partial charge in [-0.15, -0.1) is 0 Å². The minimum atomic E-state index is -0.909. The van der Waals surface area contributed by atoms with E-state index in [9.17, 15) is 9.59 Å². The van der Waals surface area contributed by atoms with Gasteiger partial charge in [0, 0.05) is 25.6 Å². The minimum absolute atomic E-state index is 0.0643. The van der Waals surface area contributed by atoms with E-state index in [-0.39, 0.29) is 24.0 Å². The molecule has 0 bridgehead atoms. The fourth-order valence-electron chi connectivity index (χ4n) is 4.96. The molecule has 0 amide bonds. The molecular formula is C34H43NO9. The van der Waals surface area contributed by atoms with Gasteiger partial charge in [-0.2, -0.15) is 0 Å². The Bertz CT molecular complexity index is 1320. The quantitative estimate of drug-likeness (QED) is 0.177. The molecule has 44 heavy (non-hydrogen) atoms. The molecule has 4 unspecified atom stereocenters. The van der Waals surface area contributed by atoms with Crippen molar-refractivity contribution in [2.24, 2.45) is 5.92 Å². The van der Waals surface area contributed by atoms with Gasteiger partial charge in [0.05, 0.1) is 11.7 Å². The largest absolute Gasteiger partial charge is 0.492 e. The fourth-order valence-corrected chi connectivity index (χ4v) is 4.96. The van der Waals surface area contributed by atoms with Gasteiger partial charge >= 0.3 is 11.9 Å². The highest BCUT2D eigenvalue weighted by atomic mass is 16.8. The molecule has 2 aromatic rings. The smallest absolute Gasteiger partial charge is 0.342 e. The summed E-state index contributed by atoms with van der Waals surface area (Å²) in [4.78, 5) is 26.8. The Labute approximate surface area is 259 Å². The summed E-state index contributed by atoms with van der Waals surface area (Å²) in [5, 5.41) is 3.05. The molecule has 2 aliphatic heterocycles. The first-order chi connectivity index (χ1) is 21.1. The van der Waals surface area contributed by atoms with Crippen LogP contribution in [0.1, 0.15) is 60.4 Å². The van der Waals surface area contributed by atoms with Crippen LogP contribution in [0.15, 0.2) is 60.7 Å². The van der Waals surface area contributed by atoms with Crippen molar-refractivity contribution < 1.29 is 42.7 Å². The second-order valence-corrected chi connectivity index (χ2v) is 11.3. The summed E-state index contributed by atoms with van der Waals surface area (Å²) in [7, 11) is 3.35. The number of rotatable bonds is 9. The molecule has 2 aromatic carbocycles. The van der Waals surface area contributed by atoms with Crippen molar-refractivity contribution in [3.63, 3.8) is 0 Å². The maximum Gasteiger partial charge on any atom is 0.342 e. The van der Waals surface area contributed by atoms with E-state index in [0.29, 0.717) is 36.4 Å². The van der Waals surface area contributed by atoms with Gasteiger partial charge in [0.25, 0.3) is 0 Å². The fraction of sp³-hybridized carbons (Fsp3) is 0.471. The zero-order valence-corrected chi connectivity index (χ0v) is 26.2. The molecule has 1 N–H and O–H groups in total. The number of fused-ring (bicyclic) bond motifs is 2. The summed E-state index contributed by atoms with van der Waals surface area (Å²) in [5.41, 5.74) is 1.24. The molecule has 238 valence electrons. The maximum atomic E-state index is 13.7. The normalized spacial score (nSPS) is 26.3. The predicted molar refractivity (Wildman–Crippen MR) is 165 cm³/mol. The monoisotopic (exact) mass is 609 g/mol. The molecule has 0 aliphatic carbocycles. The van der Waals surface area contributed by atoms with Crippen molar-refractivity contribution >= 4 is 18.0 Å². The number of carbonyl (C=O) groups excluding carboxylic acids is 2.